The van der Waals surface area contributed by atoms with Gasteiger partial charge in [-0.1, -0.05) is 47.5 Å². The Hall–Kier alpha value is -1.27. The lowest BCUT2D eigenvalue weighted by Crippen LogP contribution is -2.33. The predicted octanol–water partition coefficient (Wildman–Crippen LogP) is 3.18. The molecule has 4 nitrogen and oxygen atoms in total. The van der Waals surface area contributed by atoms with Gasteiger partial charge in [0.05, 0.1) is 28.9 Å². The summed E-state index contributed by atoms with van der Waals surface area (Å²) in [6, 6.07) is 12.9. The van der Waals surface area contributed by atoms with E-state index in [2.05, 4.69) is 0 Å². The average molecular weight is 346 g/mol. The summed E-state index contributed by atoms with van der Waals surface area (Å²) in [5.41, 5.74) is 0.447. The minimum Gasteiger partial charge on any atom is -0.394 e. The molecule has 21 heavy (non-hydrogen) atoms. The molecule has 0 aliphatic rings. The summed E-state index contributed by atoms with van der Waals surface area (Å²) in [5.74, 6) is 0. The highest BCUT2D eigenvalue weighted by Gasteiger charge is 2.27. The van der Waals surface area contributed by atoms with Crippen molar-refractivity contribution in [3.05, 3.63) is 58.6 Å². The summed E-state index contributed by atoms with van der Waals surface area (Å²) in [6.07, 6.45) is 0. The van der Waals surface area contributed by atoms with Crippen LogP contribution in [0, 0.1) is 0 Å². The second kappa shape index (κ2) is 6.66. The zero-order chi connectivity index (χ0) is 15.5. The van der Waals surface area contributed by atoms with Gasteiger partial charge in [-0.05, 0) is 24.3 Å². The summed E-state index contributed by atoms with van der Waals surface area (Å²) in [4.78, 5) is -0.0889. The molecule has 2 rings (SSSR count). The molecule has 0 aliphatic heterocycles. The number of nitrogens with zero attached hydrogens (tertiary/aromatic N) is 1. The van der Waals surface area contributed by atoms with Crippen LogP contribution < -0.4 is 4.31 Å². The standard InChI is InChI=1S/C14H13Cl2NO3S/c15-12-7-4-8-13(14(12)16)21(19,20)17(9-10-18)11-5-2-1-3-6-11/h1-8,18H,9-10H2. The van der Waals surface area contributed by atoms with E-state index in [0.717, 1.165) is 4.31 Å². The molecule has 2 aromatic carbocycles. The number of rotatable bonds is 5. The van der Waals surface area contributed by atoms with Crippen LogP contribution in [0.4, 0.5) is 5.69 Å². The van der Waals surface area contributed by atoms with E-state index in [9.17, 15) is 8.42 Å². The molecule has 0 aromatic heterocycles. The molecule has 0 spiro atoms. The molecule has 112 valence electrons. The molecular weight excluding hydrogens is 333 g/mol. The fourth-order valence-electron chi connectivity index (χ4n) is 1.88. The maximum atomic E-state index is 12.8. The average Bonchev–Trinajstić information content (AvgIpc) is 2.48. The molecule has 0 fully saturated rings. The van der Waals surface area contributed by atoms with Gasteiger partial charge in [-0.25, -0.2) is 8.42 Å². The molecule has 7 heteroatoms. The zero-order valence-electron chi connectivity index (χ0n) is 10.9. The number of anilines is 1. The summed E-state index contributed by atoms with van der Waals surface area (Å²) in [7, 11) is -3.91. The van der Waals surface area contributed by atoms with Gasteiger partial charge in [-0.2, -0.15) is 0 Å². The van der Waals surface area contributed by atoms with Gasteiger partial charge in [0.1, 0.15) is 4.90 Å². The molecule has 0 atom stereocenters. The molecule has 0 heterocycles. The number of aliphatic hydroxyl groups is 1. The molecule has 0 amide bonds. The molecule has 0 radical (unpaired) electrons. The van der Waals surface area contributed by atoms with Crippen LogP contribution in [0.25, 0.3) is 0 Å². The largest absolute Gasteiger partial charge is 0.394 e. The van der Waals surface area contributed by atoms with E-state index in [1.54, 1.807) is 30.3 Å². The third-order valence-electron chi connectivity index (χ3n) is 2.83. The highest BCUT2D eigenvalue weighted by atomic mass is 35.5. The molecule has 0 saturated heterocycles. The van der Waals surface area contributed by atoms with Crippen LogP contribution in [0.3, 0.4) is 0 Å². The number of para-hydroxylation sites is 1. The van der Waals surface area contributed by atoms with E-state index in [-0.39, 0.29) is 28.1 Å². The van der Waals surface area contributed by atoms with Crippen molar-refractivity contribution in [1.29, 1.82) is 0 Å². The van der Waals surface area contributed by atoms with Crippen LogP contribution in [0.5, 0.6) is 0 Å². The van der Waals surface area contributed by atoms with Gasteiger partial charge in [0.25, 0.3) is 10.0 Å². The van der Waals surface area contributed by atoms with Gasteiger partial charge < -0.3 is 5.11 Å². The second-order valence-corrected chi connectivity index (χ2v) is 6.80. The third-order valence-corrected chi connectivity index (χ3v) is 5.63. The Morgan fingerprint density at radius 1 is 1.00 bits per heavy atom. The Balaban J connectivity index is 2.56. The normalized spacial score (nSPS) is 11.4. The van der Waals surface area contributed by atoms with Crippen LogP contribution >= 0.6 is 23.2 Å². The first-order valence-electron chi connectivity index (χ1n) is 6.11. The number of hydrogen-bond acceptors (Lipinski definition) is 3. The van der Waals surface area contributed by atoms with Crippen molar-refractivity contribution in [2.45, 2.75) is 4.90 Å². The van der Waals surface area contributed by atoms with Crippen molar-refractivity contribution in [3.63, 3.8) is 0 Å². The second-order valence-electron chi connectivity index (χ2n) is 4.19. The fourth-order valence-corrected chi connectivity index (χ4v) is 4.07. The van der Waals surface area contributed by atoms with Gasteiger partial charge in [-0.3, -0.25) is 4.31 Å². The summed E-state index contributed by atoms with van der Waals surface area (Å²) in [5, 5.41) is 9.30. The van der Waals surface area contributed by atoms with E-state index in [1.807, 2.05) is 0 Å². The third kappa shape index (κ3) is 3.32. The summed E-state index contributed by atoms with van der Waals surface area (Å²) >= 11 is 11.9. The van der Waals surface area contributed by atoms with Gasteiger partial charge in [-0.15, -0.1) is 0 Å². The van der Waals surface area contributed by atoms with Gasteiger partial charge in [0.2, 0.25) is 0 Å². The first-order valence-corrected chi connectivity index (χ1v) is 8.30. The summed E-state index contributed by atoms with van der Waals surface area (Å²) < 4.78 is 26.6. The Morgan fingerprint density at radius 2 is 1.67 bits per heavy atom. The lowest BCUT2D eigenvalue weighted by molar-refractivity contribution is 0.306. The lowest BCUT2D eigenvalue weighted by atomic mass is 10.3. The quantitative estimate of drug-likeness (QED) is 0.905. The highest BCUT2D eigenvalue weighted by Crippen LogP contribution is 2.32. The molecule has 0 unspecified atom stereocenters. The number of benzene rings is 2. The van der Waals surface area contributed by atoms with Gasteiger partial charge in [0.15, 0.2) is 0 Å². The minimum atomic E-state index is -3.91. The zero-order valence-corrected chi connectivity index (χ0v) is 13.2. The Morgan fingerprint density at radius 3 is 2.29 bits per heavy atom. The van der Waals surface area contributed by atoms with Crippen LogP contribution in [0.2, 0.25) is 10.0 Å². The number of aliphatic hydroxyl groups excluding tert-OH is 1. The van der Waals surface area contributed by atoms with E-state index in [4.69, 9.17) is 28.3 Å². The SMILES string of the molecule is O=S(=O)(c1cccc(Cl)c1Cl)N(CCO)c1ccccc1. The molecule has 0 saturated carbocycles. The van der Waals surface area contributed by atoms with Crippen LogP contribution in [-0.2, 0) is 10.0 Å². The number of hydrogen-bond donors (Lipinski definition) is 1. The van der Waals surface area contributed by atoms with E-state index in [0.29, 0.717) is 5.69 Å². The van der Waals surface area contributed by atoms with Crippen molar-refractivity contribution >= 4 is 38.9 Å². The van der Waals surface area contributed by atoms with Crippen LogP contribution in [0.15, 0.2) is 53.4 Å². The van der Waals surface area contributed by atoms with Crippen molar-refractivity contribution in [3.8, 4) is 0 Å². The van der Waals surface area contributed by atoms with E-state index in [1.165, 1.54) is 18.2 Å². The maximum Gasteiger partial charge on any atom is 0.265 e. The van der Waals surface area contributed by atoms with Crippen molar-refractivity contribution < 1.29 is 13.5 Å². The lowest BCUT2D eigenvalue weighted by Gasteiger charge is -2.24. The summed E-state index contributed by atoms with van der Waals surface area (Å²) in [6.45, 7) is -0.387. The van der Waals surface area contributed by atoms with E-state index < -0.39 is 10.0 Å². The minimum absolute atomic E-state index is 0.0296. The Kier molecular flexibility index (Phi) is 5.11. The van der Waals surface area contributed by atoms with Crippen molar-refractivity contribution in [2.75, 3.05) is 17.5 Å². The fraction of sp³-hybridized carbons (Fsp3) is 0.143. The molecular formula is C14H13Cl2NO3S. The molecule has 1 N–H and O–H groups in total. The molecule has 0 bridgehead atoms. The van der Waals surface area contributed by atoms with Crippen molar-refractivity contribution in [2.24, 2.45) is 0 Å². The first kappa shape index (κ1) is 16.1. The van der Waals surface area contributed by atoms with Crippen molar-refractivity contribution in [1.82, 2.24) is 0 Å². The maximum absolute atomic E-state index is 12.8. The monoisotopic (exact) mass is 345 g/mol. The number of halogens is 2. The highest BCUT2D eigenvalue weighted by molar-refractivity contribution is 7.93. The van der Waals surface area contributed by atoms with E-state index >= 15 is 0 Å². The Labute approximate surface area is 133 Å². The predicted molar refractivity (Wildman–Crippen MR) is 84.5 cm³/mol. The molecule has 2 aromatic rings. The number of sulfonamides is 1. The smallest absolute Gasteiger partial charge is 0.265 e. The van der Waals surface area contributed by atoms with Gasteiger partial charge in [0, 0.05) is 0 Å². The topological polar surface area (TPSA) is 57.6 Å². The molecule has 0 aliphatic carbocycles. The van der Waals surface area contributed by atoms with Crippen LogP contribution in [-0.4, -0.2) is 26.7 Å². The Bertz CT molecular complexity index is 720. The van der Waals surface area contributed by atoms with Gasteiger partial charge >= 0.3 is 0 Å². The first-order chi connectivity index (χ1) is 9.98. The van der Waals surface area contributed by atoms with Crippen LogP contribution in [0.1, 0.15) is 0 Å².